The SMILES string of the molecule is O=c1c(Br)c(Cl)ncn1Cc1ccc([N+](=O)[O-])cc1. The van der Waals surface area contributed by atoms with Crippen LogP contribution in [0.5, 0.6) is 0 Å². The molecule has 0 amide bonds. The van der Waals surface area contributed by atoms with Gasteiger partial charge < -0.3 is 0 Å². The molecule has 0 unspecified atom stereocenters. The number of benzene rings is 1. The zero-order valence-corrected chi connectivity index (χ0v) is 11.8. The first kappa shape index (κ1) is 13.7. The van der Waals surface area contributed by atoms with Crippen LogP contribution in [0.15, 0.2) is 39.9 Å². The summed E-state index contributed by atoms with van der Waals surface area (Å²) in [6, 6.07) is 5.96. The molecule has 0 bridgehead atoms. The van der Waals surface area contributed by atoms with Crippen LogP contribution < -0.4 is 5.56 Å². The number of nitrogens with zero attached hydrogens (tertiary/aromatic N) is 3. The van der Waals surface area contributed by atoms with Crippen molar-refractivity contribution >= 4 is 33.2 Å². The summed E-state index contributed by atoms with van der Waals surface area (Å²) in [5.41, 5.74) is 0.452. The summed E-state index contributed by atoms with van der Waals surface area (Å²) < 4.78 is 1.55. The van der Waals surface area contributed by atoms with Crippen molar-refractivity contribution in [3.8, 4) is 0 Å². The number of nitro benzene ring substituents is 1. The second-order valence-electron chi connectivity index (χ2n) is 3.71. The Bertz CT molecular complexity index is 685. The predicted octanol–water partition coefficient (Wildman–Crippen LogP) is 2.62. The van der Waals surface area contributed by atoms with Crippen molar-refractivity contribution < 1.29 is 4.92 Å². The Morgan fingerprint density at radius 1 is 1.37 bits per heavy atom. The molecule has 0 fully saturated rings. The van der Waals surface area contributed by atoms with Crippen LogP contribution in [0.4, 0.5) is 5.69 Å². The Kier molecular flexibility index (Phi) is 3.96. The highest BCUT2D eigenvalue weighted by Crippen LogP contribution is 2.15. The topological polar surface area (TPSA) is 78.0 Å². The predicted molar refractivity (Wildman–Crippen MR) is 73.4 cm³/mol. The Balaban J connectivity index is 2.29. The molecule has 0 aliphatic carbocycles. The molecule has 2 rings (SSSR count). The molecule has 8 heteroatoms. The molecule has 0 saturated carbocycles. The molecule has 1 aromatic carbocycles. The van der Waals surface area contributed by atoms with Crippen LogP contribution in [-0.4, -0.2) is 14.5 Å². The van der Waals surface area contributed by atoms with Crippen molar-refractivity contribution in [2.24, 2.45) is 0 Å². The van der Waals surface area contributed by atoms with Crippen molar-refractivity contribution in [3.05, 3.63) is 66.3 Å². The fraction of sp³-hybridized carbons (Fsp3) is 0.0909. The van der Waals surface area contributed by atoms with Crippen molar-refractivity contribution in [2.75, 3.05) is 0 Å². The summed E-state index contributed by atoms with van der Waals surface area (Å²) in [7, 11) is 0. The summed E-state index contributed by atoms with van der Waals surface area (Å²) in [4.78, 5) is 25.8. The van der Waals surface area contributed by atoms with Crippen molar-refractivity contribution in [1.29, 1.82) is 0 Å². The number of hydrogen-bond acceptors (Lipinski definition) is 4. The lowest BCUT2D eigenvalue weighted by Gasteiger charge is -2.06. The Labute approximate surface area is 120 Å². The molecule has 0 aliphatic heterocycles. The van der Waals surface area contributed by atoms with E-state index in [0.29, 0.717) is 0 Å². The van der Waals surface area contributed by atoms with Crippen molar-refractivity contribution in [1.82, 2.24) is 9.55 Å². The summed E-state index contributed by atoms with van der Waals surface area (Å²) in [6.07, 6.45) is 1.33. The lowest BCUT2D eigenvalue weighted by Crippen LogP contribution is -2.21. The molecule has 2 aromatic rings. The van der Waals surface area contributed by atoms with Crippen LogP contribution in [0.25, 0.3) is 0 Å². The fourth-order valence-corrected chi connectivity index (χ4v) is 1.93. The first-order valence-corrected chi connectivity index (χ1v) is 6.30. The summed E-state index contributed by atoms with van der Waals surface area (Å²) in [5, 5.41) is 10.6. The summed E-state index contributed by atoms with van der Waals surface area (Å²) in [6.45, 7) is 0.263. The van der Waals surface area contributed by atoms with Crippen molar-refractivity contribution in [3.63, 3.8) is 0 Å². The molecule has 0 saturated heterocycles. The minimum absolute atomic E-state index is 0.00603. The maximum absolute atomic E-state index is 11.9. The molecular formula is C11H7BrClN3O3. The Morgan fingerprint density at radius 2 is 2.00 bits per heavy atom. The largest absolute Gasteiger partial charge is 0.294 e. The van der Waals surface area contributed by atoms with E-state index in [-0.39, 0.29) is 27.4 Å². The van der Waals surface area contributed by atoms with E-state index in [4.69, 9.17) is 11.6 Å². The van der Waals surface area contributed by atoms with Gasteiger partial charge in [-0.25, -0.2) is 4.98 Å². The maximum Gasteiger partial charge on any atom is 0.269 e. The van der Waals surface area contributed by atoms with Gasteiger partial charge in [-0.15, -0.1) is 0 Å². The second-order valence-corrected chi connectivity index (χ2v) is 4.86. The van der Waals surface area contributed by atoms with Gasteiger partial charge in [-0.2, -0.15) is 0 Å². The van der Waals surface area contributed by atoms with E-state index in [1.165, 1.54) is 23.0 Å². The van der Waals surface area contributed by atoms with E-state index in [0.717, 1.165) is 5.56 Å². The highest BCUT2D eigenvalue weighted by Gasteiger charge is 2.08. The third-order valence-electron chi connectivity index (χ3n) is 2.44. The highest BCUT2D eigenvalue weighted by atomic mass is 79.9. The molecular weight excluding hydrogens is 337 g/mol. The highest BCUT2D eigenvalue weighted by molar-refractivity contribution is 9.10. The molecule has 0 N–H and O–H groups in total. The van der Waals surface area contributed by atoms with Gasteiger partial charge in [-0.3, -0.25) is 19.5 Å². The number of nitro groups is 1. The third kappa shape index (κ3) is 2.99. The number of hydrogen-bond donors (Lipinski definition) is 0. The van der Waals surface area contributed by atoms with E-state index in [2.05, 4.69) is 20.9 Å². The number of non-ortho nitro benzene ring substituents is 1. The molecule has 6 nitrogen and oxygen atoms in total. The molecule has 1 heterocycles. The van der Waals surface area contributed by atoms with Gasteiger partial charge in [-0.1, -0.05) is 23.7 Å². The van der Waals surface area contributed by atoms with Gasteiger partial charge in [0.25, 0.3) is 11.2 Å². The second kappa shape index (κ2) is 5.50. The van der Waals surface area contributed by atoms with Gasteiger partial charge in [0, 0.05) is 12.1 Å². The zero-order chi connectivity index (χ0) is 14.0. The Hall–Kier alpha value is -1.73. The lowest BCUT2D eigenvalue weighted by atomic mass is 10.2. The van der Waals surface area contributed by atoms with Crippen LogP contribution >= 0.6 is 27.5 Å². The smallest absolute Gasteiger partial charge is 0.269 e. The van der Waals surface area contributed by atoms with E-state index < -0.39 is 4.92 Å². The quantitative estimate of drug-likeness (QED) is 0.487. The lowest BCUT2D eigenvalue weighted by molar-refractivity contribution is -0.384. The maximum atomic E-state index is 11.9. The molecule has 19 heavy (non-hydrogen) atoms. The summed E-state index contributed by atoms with van der Waals surface area (Å²) >= 11 is 8.76. The fourth-order valence-electron chi connectivity index (χ4n) is 1.48. The summed E-state index contributed by atoms with van der Waals surface area (Å²) in [5.74, 6) is 0. The van der Waals surface area contributed by atoms with Crippen LogP contribution in [0.2, 0.25) is 5.15 Å². The molecule has 0 atom stereocenters. The van der Waals surface area contributed by atoms with Gasteiger partial charge in [-0.05, 0) is 21.5 Å². The number of halogens is 2. The van der Waals surface area contributed by atoms with Crippen molar-refractivity contribution in [2.45, 2.75) is 6.54 Å². The van der Waals surface area contributed by atoms with Gasteiger partial charge in [0.05, 0.1) is 17.8 Å². The first-order chi connectivity index (χ1) is 8.99. The van der Waals surface area contributed by atoms with E-state index >= 15 is 0 Å². The van der Waals surface area contributed by atoms with E-state index in [9.17, 15) is 14.9 Å². The van der Waals surface area contributed by atoms with Crippen LogP contribution in [-0.2, 0) is 6.54 Å². The molecule has 98 valence electrons. The van der Waals surface area contributed by atoms with Crippen LogP contribution in [0.1, 0.15) is 5.56 Å². The van der Waals surface area contributed by atoms with Crippen LogP contribution in [0, 0.1) is 10.1 Å². The van der Waals surface area contributed by atoms with Gasteiger partial charge in [0.2, 0.25) is 0 Å². The average Bonchev–Trinajstić information content (AvgIpc) is 2.40. The van der Waals surface area contributed by atoms with Gasteiger partial charge in [0.15, 0.2) is 5.15 Å². The standard InChI is InChI=1S/C11H7BrClN3O3/c12-9-10(13)14-6-15(11(9)17)5-7-1-3-8(4-2-7)16(18)19/h1-4,6H,5H2. The number of rotatable bonds is 3. The molecule has 1 aromatic heterocycles. The average molecular weight is 345 g/mol. The van der Waals surface area contributed by atoms with E-state index in [1.54, 1.807) is 12.1 Å². The Morgan fingerprint density at radius 3 is 2.58 bits per heavy atom. The van der Waals surface area contributed by atoms with Gasteiger partial charge >= 0.3 is 0 Å². The monoisotopic (exact) mass is 343 g/mol. The molecule has 0 radical (unpaired) electrons. The minimum Gasteiger partial charge on any atom is -0.294 e. The normalized spacial score (nSPS) is 10.4. The first-order valence-electron chi connectivity index (χ1n) is 5.13. The minimum atomic E-state index is -0.476. The van der Waals surface area contributed by atoms with Crippen LogP contribution in [0.3, 0.4) is 0 Å². The van der Waals surface area contributed by atoms with E-state index in [1.807, 2.05) is 0 Å². The van der Waals surface area contributed by atoms with Gasteiger partial charge in [0.1, 0.15) is 4.47 Å². The molecule has 0 spiro atoms. The zero-order valence-electron chi connectivity index (χ0n) is 9.42. The number of aromatic nitrogens is 2. The molecule has 0 aliphatic rings. The third-order valence-corrected chi connectivity index (χ3v) is 3.67.